The zero-order valence-corrected chi connectivity index (χ0v) is 20.9. The number of hydrogen-bond acceptors (Lipinski definition) is 5. The molecule has 1 heterocycles. The molecule has 0 saturated heterocycles. The number of aryl methyl sites for hydroxylation is 2. The first kappa shape index (κ1) is 24.0. The molecule has 0 radical (unpaired) electrons. The van der Waals surface area contributed by atoms with E-state index in [0.717, 1.165) is 31.4 Å². The Morgan fingerprint density at radius 3 is 2.50 bits per heavy atom. The lowest BCUT2D eigenvalue weighted by Gasteiger charge is -2.24. The van der Waals surface area contributed by atoms with Gasteiger partial charge in [0.2, 0.25) is 5.91 Å². The predicted octanol–water partition coefficient (Wildman–Crippen LogP) is 4.88. The van der Waals surface area contributed by atoms with Crippen molar-refractivity contribution in [1.29, 1.82) is 0 Å². The number of nitrogens with one attached hydrogen (secondary N) is 1. The van der Waals surface area contributed by atoms with Crippen molar-refractivity contribution >= 4 is 60.5 Å². The van der Waals surface area contributed by atoms with Crippen LogP contribution in [0.2, 0.25) is 5.02 Å². The fourth-order valence-corrected chi connectivity index (χ4v) is 6.14. The molecule has 0 fully saturated rings. The maximum Gasteiger partial charge on any atom is 0.308 e. The van der Waals surface area contributed by atoms with E-state index in [0.29, 0.717) is 22.9 Å². The number of carbonyl (C=O) groups is 1. The molecular formula is C24H22ClN3O4S2. The SMILES string of the molecule is CCn1c(=O)sc2cc(NC(=O)CN(c3cccc(C)c3)S(=O)(=O)c3ccc(Cl)cc3)ccc21. The molecule has 4 rings (SSSR count). The Labute approximate surface area is 206 Å². The Morgan fingerprint density at radius 2 is 1.82 bits per heavy atom. The Kier molecular flexibility index (Phi) is 6.79. The summed E-state index contributed by atoms with van der Waals surface area (Å²) >= 11 is 7.02. The number of sulfonamides is 1. The molecule has 0 unspecified atom stereocenters. The van der Waals surface area contributed by atoms with Crippen LogP contribution in [0.4, 0.5) is 11.4 Å². The second-order valence-corrected chi connectivity index (χ2v) is 10.9. The van der Waals surface area contributed by atoms with E-state index in [1.807, 2.05) is 19.9 Å². The average molecular weight is 516 g/mol. The van der Waals surface area contributed by atoms with Crippen LogP contribution in [0, 0.1) is 6.92 Å². The summed E-state index contributed by atoms with van der Waals surface area (Å²) in [6.45, 7) is 3.86. The monoisotopic (exact) mass is 515 g/mol. The van der Waals surface area contributed by atoms with Gasteiger partial charge in [0.15, 0.2) is 0 Å². The number of rotatable bonds is 7. The second-order valence-electron chi connectivity index (χ2n) is 7.65. The number of benzene rings is 3. The molecule has 7 nitrogen and oxygen atoms in total. The second kappa shape index (κ2) is 9.61. The highest BCUT2D eigenvalue weighted by Crippen LogP contribution is 2.26. The minimum absolute atomic E-state index is 0.0262. The third-order valence-corrected chi connectivity index (χ3v) is 8.23. The third kappa shape index (κ3) is 4.86. The van der Waals surface area contributed by atoms with E-state index in [1.54, 1.807) is 41.0 Å². The molecule has 1 N–H and O–H groups in total. The molecule has 10 heteroatoms. The van der Waals surface area contributed by atoms with Gasteiger partial charge in [-0.3, -0.25) is 18.5 Å². The van der Waals surface area contributed by atoms with Gasteiger partial charge in [0, 0.05) is 17.3 Å². The molecule has 1 aromatic heterocycles. The quantitative estimate of drug-likeness (QED) is 0.380. The molecule has 34 heavy (non-hydrogen) atoms. The van der Waals surface area contributed by atoms with Gasteiger partial charge in [-0.05, 0) is 74.0 Å². The smallest absolute Gasteiger partial charge is 0.308 e. The van der Waals surface area contributed by atoms with Gasteiger partial charge in [-0.15, -0.1) is 0 Å². The summed E-state index contributed by atoms with van der Waals surface area (Å²) < 4.78 is 30.4. The van der Waals surface area contributed by atoms with Crippen molar-refractivity contribution < 1.29 is 13.2 Å². The number of nitrogens with zero attached hydrogens (tertiary/aromatic N) is 2. The molecule has 0 atom stereocenters. The number of thiazole rings is 1. The third-order valence-electron chi connectivity index (χ3n) is 5.25. The summed E-state index contributed by atoms with van der Waals surface area (Å²) in [5.74, 6) is -0.513. The van der Waals surface area contributed by atoms with Crippen LogP contribution in [-0.2, 0) is 21.4 Å². The highest BCUT2D eigenvalue weighted by atomic mass is 35.5. The van der Waals surface area contributed by atoms with Crippen LogP contribution in [0.25, 0.3) is 10.2 Å². The van der Waals surface area contributed by atoms with Gasteiger partial charge in [-0.2, -0.15) is 0 Å². The number of halogens is 1. The van der Waals surface area contributed by atoms with Crippen LogP contribution in [0.5, 0.6) is 0 Å². The minimum Gasteiger partial charge on any atom is -0.324 e. The minimum atomic E-state index is -4.04. The zero-order chi connectivity index (χ0) is 24.5. The van der Waals surface area contributed by atoms with Crippen molar-refractivity contribution in [2.45, 2.75) is 25.3 Å². The predicted molar refractivity (Wildman–Crippen MR) is 138 cm³/mol. The summed E-state index contributed by atoms with van der Waals surface area (Å²) in [5.41, 5.74) is 2.51. The first-order valence-corrected chi connectivity index (χ1v) is 13.1. The van der Waals surface area contributed by atoms with Crippen LogP contribution >= 0.6 is 22.9 Å². The lowest BCUT2D eigenvalue weighted by molar-refractivity contribution is -0.114. The van der Waals surface area contributed by atoms with Crippen molar-refractivity contribution in [3.05, 3.63) is 87.0 Å². The number of anilines is 2. The Hall–Kier alpha value is -3.14. The van der Waals surface area contributed by atoms with Crippen LogP contribution in [0.1, 0.15) is 12.5 Å². The Balaban J connectivity index is 1.65. The van der Waals surface area contributed by atoms with Crippen LogP contribution < -0.4 is 14.5 Å². The van der Waals surface area contributed by atoms with Gasteiger partial charge in [0.05, 0.1) is 20.8 Å². The average Bonchev–Trinajstić information content (AvgIpc) is 3.11. The van der Waals surface area contributed by atoms with Gasteiger partial charge in [0.25, 0.3) is 10.0 Å². The number of amides is 1. The highest BCUT2D eigenvalue weighted by molar-refractivity contribution is 7.92. The van der Waals surface area contributed by atoms with E-state index in [-0.39, 0.29) is 9.77 Å². The maximum absolute atomic E-state index is 13.5. The summed E-state index contributed by atoms with van der Waals surface area (Å²) in [5, 5.41) is 3.17. The van der Waals surface area contributed by atoms with Crippen LogP contribution in [-0.4, -0.2) is 25.4 Å². The molecule has 1 amide bonds. The van der Waals surface area contributed by atoms with Crippen LogP contribution in [0.3, 0.4) is 0 Å². The summed E-state index contributed by atoms with van der Waals surface area (Å²) in [4.78, 5) is 25.0. The first-order valence-electron chi connectivity index (χ1n) is 10.5. The molecule has 4 aromatic rings. The molecule has 0 aliphatic carbocycles. The molecular weight excluding hydrogens is 494 g/mol. The van der Waals surface area contributed by atoms with E-state index < -0.39 is 22.5 Å². The molecule has 0 aliphatic heterocycles. The lowest BCUT2D eigenvalue weighted by atomic mass is 10.2. The number of aromatic nitrogens is 1. The molecule has 0 aliphatic rings. The fourth-order valence-electron chi connectivity index (χ4n) is 3.61. The van der Waals surface area contributed by atoms with Gasteiger partial charge in [-0.1, -0.05) is 35.1 Å². The molecule has 0 spiro atoms. The Morgan fingerprint density at radius 1 is 1.09 bits per heavy atom. The summed E-state index contributed by atoms with van der Waals surface area (Å²) in [6.07, 6.45) is 0. The van der Waals surface area contributed by atoms with Crippen molar-refractivity contribution in [1.82, 2.24) is 4.57 Å². The summed E-state index contributed by atoms with van der Waals surface area (Å²) in [7, 11) is -4.04. The molecule has 0 bridgehead atoms. The van der Waals surface area contributed by atoms with Crippen molar-refractivity contribution in [3.63, 3.8) is 0 Å². The zero-order valence-electron chi connectivity index (χ0n) is 18.5. The van der Waals surface area contributed by atoms with Crippen molar-refractivity contribution in [2.24, 2.45) is 0 Å². The van der Waals surface area contributed by atoms with E-state index in [1.165, 1.54) is 24.3 Å². The van der Waals surface area contributed by atoms with Gasteiger partial charge < -0.3 is 5.32 Å². The number of hydrogen-bond donors (Lipinski definition) is 1. The van der Waals surface area contributed by atoms with E-state index in [2.05, 4.69) is 5.32 Å². The van der Waals surface area contributed by atoms with E-state index in [4.69, 9.17) is 11.6 Å². The topological polar surface area (TPSA) is 88.5 Å². The first-order chi connectivity index (χ1) is 16.2. The Bertz CT molecular complexity index is 1530. The molecule has 3 aromatic carbocycles. The lowest BCUT2D eigenvalue weighted by Crippen LogP contribution is -2.38. The largest absolute Gasteiger partial charge is 0.324 e. The van der Waals surface area contributed by atoms with E-state index >= 15 is 0 Å². The maximum atomic E-state index is 13.5. The van der Waals surface area contributed by atoms with Crippen molar-refractivity contribution in [3.8, 4) is 0 Å². The van der Waals surface area contributed by atoms with Crippen molar-refractivity contribution in [2.75, 3.05) is 16.2 Å². The molecule has 0 saturated carbocycles. The highest BCUT2D eigenvalue weighted by Gasteiger charge is 2.27. The van der Waals surface area contributed by atoms with Crippen LogP contribution in [0.15, 0.2) is 76.4 Å². The van der Waals surface area contributed by atoms with Gasteiger partial charge in [-0.25, -0.2) is 8.42 Å². The number of fused-ring (bicyclic) bond motifs is 1. The van der Waals surface area contributed by atoms with E-state index in [9.17, 15) is 18.0 Å². The van der Waals surface area contributed by atoms with Gasteiger partial charge >= 0.3 is 4.87 Å². The fraction of sp³-hybridized carbons (Fsp3) is 0.167. The normalized spacial score (nSPS) is 11.5. The van der Waals surface area contributed by atoms with Gasteiger partial charge in [0.1, 0.15) is 6.54 Å². The number of carbonyl (C=O) groups excluding carboxylic acids is 1. The summed E-state index contributed by atoms with van der Waals surface area (Å²) in [6, 6.07) is 17.9. The molecule has 176 valence electrons. The standard InChI is InChI=1S/C24H22ClN3O4S2/c1-3-27-21-12-9-18(14-22(21)33-24(27)30)26-23(29)15-28(19-6-4-5-16(2)13-19)34(31,32)20-10-7-17(25)8-11-20/h4-14H,3,15H2,1-2H3,(H,26,29).